The van der Waals surface area contributed by atoms with Crippen molar-refractivity contribution in [2.45, 2.75) is 90.9 Å². The zero-order chi connectivity index (χ0) is 16.9. The van der Waals surface area contributed by atoms with Gasteiger partial charge in [-0.05, 0) is 18.9 Å². The largest absolute Gasteiger partial charge is 0.358 e. The van der Waals surface area contributed by atoms with Crippen molar-refractivity contribution in [2.75, 3.05) is 0 Å². The molecule has 0 unspecified atom stereocenters. The average Bonchev–Trinajstić information content (AvgIpc) is 3.04. The highest BCUT2D eigenvalue weighted by Gasteiger charge is 2.12. The van der Waals surface area contributed by atoms with Crippen molar-refractivity contribution in [2.24, 2.45) is 0 Å². The summed E-state index contributed by atoms with van der Waals surface area (Å²) in [6.45, 7) is 4.37. The molecule has 1 aromatic rings. The lowest BCUT2D eigenvalue weighted by atomic mass is 10.0. The van der Waals surface area contributed by atoms with Gasteiger partial charge in [0, 0.05) is 24.6 Å². The molecule has 0 saturated heterocycles. The molecule has 0 aromatic carbocycles. The third-order valence-corrected chi connectivity index (χ3v) is 4.32. The number of hydrogen-bond donors (Lipinski definition) is 1. The summed E-state index contributed by atoms with van der Waals surface area (Å²) in [5.41, 5.74) is 1.25. The Morgan fingerprint density at radius 2 is 1.30 bits per heavy atom. The summed E-state index contributed by atoms with van der Waals surface area (Å²) in [6, 6.07) is 1.74. The van der Waals surface area contributed by atoms with Gasteiger partial charge in [-0.15, -0.1) is 0 Å². The highest BCUT2D eigenvalue weighted by Crippen LogP contribution is 2.14. The first kappa shape index (κ1) is 19.7. The lowest BCUT2D eigenvalue weighted by Crippen LogP contribution is -2.00. The quantitative estimate of drug-likeness (QED) is 0.332. The third kappa shape index (κ3) is 8.15. The molecule has 1 heterocycles. The first-order valence-corrected chi connectivity index (χ1v) is 9.43. The van der Waals surface area contributed by atoms with Crippen LogP contribution in [0.4, 0.5) is 0 Å². The standard InChI is InChI=1S/C20H33NO2/c1-3-5-7-9-11-13-19(22)17-15-18(21-16-17)20(23)14-12-10-8-6-4-2/h15-16,21H,3-14H2,1-2H3. The van der Waals surface area contributed by atoms with Gasteiger partial charge in [0.2, 0.25) is 0 Å². The summed E-state index contributed by atoms with van der Waals surface area (Å²) < 4.78 is 0. The molecule has 0 atom stereocenters. The predicted molar refractivity (Wildman–Crippen MR) is 96.2 cm³/mol. The average molecular weight is 319 g/mol. The van der Waals surface area contributed by atoms with E-state index >= 15 is 0 Å². The monoisotopic (exact) mass is 319 g/mol. The van der Waals surface area contributed by atoms with E-state index in [9.17, 15) is 9.59 Å². The smallest absolute Gasteiger partial charge is 0.179 e. The maximum Gasteiger partial charge on any atom is 0.179 e. The molecule has 0 spiro atoms. The molecule has 23 heavy (non-hydrogen) atoms. The van der Waals surface area contributed by atoms with Crippen LogP contribution in [-0.2, 0) is 0 Å². The molecule has 0 bridgehead atoms. The minimum atomic E-state index is 0.128. The van der Waals surface area contributed by atoms with Crippen molar-refractivity contribution in [1.29, 1.82) is 0 Å². The second-order valence-corrected chi connectivity index (χ2v) is 6.48. The number of Topliss-reactive ketones (excluding diaryl/α,β-unsaturated/α-hetero) is 2. The molecular formula is C20H33NO2. The van der Waals surface area contributed by atoms with Crippen LogP contribution in [0.3, 0.4) is 0 Å². The Labute approximate surface area is 141 Å². The van der Waals surface area contributed by atoms with Crippen LogP contribution >= 0.6 is 0 Å². The number of unbranched alkanes of at least 4 members (excludes halogenated alkanes) is 8. The van der Waals surface area contributed by atoms with Gasteiger partial charge in [0.1, 0.15) is 0 Å². The van der Waals surface area contributed by atoms with Crippen molar-refractivity contribution < 1.29 is 9.59 Å². The van der Waals surface area contributed by atoms with E-state index in [0.29, 0.717) is 24.1 Å². The van der Waals surface area contributed by atoms with Crippen LogP contribution in [0.1, 0.15) is 112 Å². The van der Waals surface area contributed by atoms with E-state index in [1.807, 2.05) is 0 Å². The number of hydrogen-bond acceptors (Lipinski definition) is 2. The number of carbonyl (C=O) groups excluding carboxylic acids is 2. The number of nitrogens with one attached hydrogen (secondary N) is 1. The van der Waals surface area contributed by atoms with Gasteiger partial charge < -0.3 is 4.98 Å². The number of carbonyl (C=O) groups is 2. The Morgan fingerprint density at radius 1 is 0.783 bits per heavy atom. The van der Waals surface area contributed by atoms with Crippen molar-refractivity contribution >= 4 is 11.6 Å². The van der Waals surface area contributed by atoms with Crippen LogP contribution in [-0.4, -0.2) is 16.6 Å². The first-order chi connectivity index (χ1) is 11.2. The second kappa shape index (κ2) is 12.1. The predicted octanol–water partition coefficient (Wildman–Crippen LogP) is 6.10. The van der Waals surface area contributed by atoms with E-state index in [4.69, 9.17) is 0 Å². The molecule has 1 N–H and O–H groups in total. The summed E-state index contributed by atoms with van der Waals surface area (Å²) in [5.74, 6) is 0.281. The summed E-state index contributed by atoms with van der Waals surface area (Å²) in [5, 5.41) is 0. The highest BCUT2D eigenvalue weighted by atomic mass is 16.1. The molecule has 1 aromatic heterocycles. The zero-order valence-corrected chi connectivity index (χ0v) is 15.0. The first-order valence-electron chi connectivity index (χ1n) is 9.43. The van der Waals surface area contributed by atoms with Gasteiger partial charge in [-0.1, -0.05) is 65.2 Å². The summed E-state index contributed by atoms with van der Waals surface area (Å²) in [7, 11) is 0. The van der Waals surface area contributed by atoms with Crippen LogP contribution < -0.4 is 0 Å². The molecule has 0 aliphatic heterocycles. The Morgan fingerprint density at radius 3 is 1.87 bits per heavy atom. The van der Waals surface area contributed by atoms with Gasteiger partial charge in [0.15, 0.2) is 11.6 Å². The highest BCUT2D eigenvalue weighted by molar-refractivity contribution is 6.00. The van der Waals surface area contributed by atoms with E-state index in [1.165, 1.54) is 38.5 Å². The Bertz CT molecular complexity index is 421. The lowest BCUT2D eigenvalue weighted by molar-refractivity contribution is 0.0972. The maximum atomic E-state index is 12.1. The van der Waals surface area contributed by atoms with Crippen molar-refractivity contribution in [3.05, 3.63) is 23.5 Å². The minimum absolute atomic E-state index is 0.128. The molecule has 3 nitrogen and oxygen atoms in total. The fourth-order valence-electron chi connectivity index (χ4n) is 2.77. The fraction of sp³-hybridized carbons (Fsp3) is 0.700. The number of aromatic nitrogens is 1. The van der Waals surface area contributed by atoms with E-state index < -0.39 is 0 Å². The minimum Gasteiger partial charge on any atom is -0.358 e. The number of aromatic amines is 1. The summed E-state index contributed by atoms with van der Waals surface area (Å²) >= 11 is 0. The van der Waals surface area contributed by atoms with Gasteiger partial charge in [-0.25, -0.2) is 0 Å². The van der Waals surface area contributed by atoms with Gasteiger partial charge >= 0.3 is 0 Å². The number of H-pyrrole nitrogens is 1. The van der Waals surface area contributed by atoms with Gasteiger partial charge in [-0.3, -0.25) is 9.59 Å². The van der Waals surface area contributed by atoms with E-state index in [1.54, 1.807) is 12.3 Å². The molecule has 130 valence electrons. The fourth-order valence-corrected chi connectivity index (χ4v) is 2.77. The molecular weight excluding hydrogens is 286 g/mol. The van der Waals surface area contributed by atoms with Crippen LogP contribution in [0.5, 0.6) is 0 Å². The van der Waals surface area contributed by atoms with Crippen molar-refractivity contribution in [3.63, 3.8) is 0 Å². The summed E-state index contributed by atoms with van der Waals surface area (Å²) in [6.07, 6.45) is 14.3. The Hall–Kier alpha value is -1.38. The van der Waals surface area contributed by atoms with Crippen molar-refractivity contribution in [3.8, 4) is 0 Å². The molecule has 0 aliphatic rings. The Balaban J connectivity index is 2.29. The lowest BCUT2D eigenvalue weighted by Gasteiger charge is -2.00. The van der Waals surface area contributed by atoms with Crippen LogP contribution in [0.15, 0.2) is 12.3 Å². The number of rotatable bonds is 14. The molecule has 0 saturated carbocycles. The van der Waals surface area contributed by atoms with E-state index in [0.717, 1.165) is 25.7 Å². The van der Waals surface area contributed by atoms with Crippen LogP contribution in [0, 0.1) is 0 Å². The van der Waals surface area contributed by atoms with Gasteiger partial charge in [0.05, 0.1) is 5.69 Å². The molecule has 1 rings (SSSR count). The normalized spacial score (nSPS) is 10.9. The van der Waals surface area contributed by atoms with Crippen LogP contribution in [0.2, 0.25) is 0 Å². The molecule has 0 amide bonds. The SMILES string of the molecule is CCCCCCCC(=O)c1c[nH]c(C(=O)CCCCCCC)c1. The zero-order valence-electron chi connectivity index (χ0n) is 15.0. The molecule has 0 fully saturated rings. The molecule has 0 aliphatic carbocycles. The van der Waals surface area contributed by atoms with Crippen molar-refractivity contribution in [1.82, 2.24) is 4.98 Å². The Kier molecular flexibility index (Phi) is 10.3. The topological polar surface area (TPSA) is 49.9 Å². The third-order valence-electron chi connectivity index (χ3n) is 4.32. The van der Waals surface area contributed by atoms with E-state index in [2.05, 4.69) is 18.8 Å². The van der Waals surface area contributed by atoms with E-state index in [-0.39, 0.29) is 11.6 Å². The number of ketones is 2. The summed E-state index contributed by atoms with van der Waals surface area (Å²) in [4.78, 5) is 27.2. The van der Waals surface area contributed by atoms with Crippen LogP contribution in [0.25, 0.3) is 0 Å². The maximum absolute atomic E-state index is 12.1. The van der Waals surface area contributed by atoms with Gasteiger partial charge in [-0.2, -0.15) is 0 Å². The molecule has 0 radical (unpaired) electrons. The molecule has 3 heteroatoms. The second-order valence-electron chi connectivity index (χ2n) is 6.48. The van der Waals surface area contributed by atoms with Gasteiger partial charge in [0.25, 0.3) is 0 Å².